The second-order valence-corrected chi connectivity index (χ2v) is 7.79. The van der Waals surface area contributed by atoms with E-state index in [0.29, 0.717) is 36.8 Å². The fourth-order valence-corrected chi connectivity index (χ4v) is 4.24. The number of hydrogen-bond acceptors (Lipinski definition) is 8. The summed E-state index contributed by atoms with van der Waals surface area (Å²) < 4.78 is 6.04. The number of urea groups is 1. The minimum absolute atomic E-state index is 0.225. The van der Waals surface area contributed by atoms with Crippen molar-refractivity contribution >= 4 is 55.7 Å². The number of nitrogens with zero attached hydrogens (tertiary/aromatic N) is 3. The molecule has 1 fully saturated rings. The predicted octanol–water partition coefficient (Wildman–Crippen LogP) is 2.19. The molecule has 1 saturated heterocycles. The lowest BCUT2D eigenvalue weighted by atomic mass is 10.3. The van der Waals surface area contributed by atoms with Crippen molar-refractivity contribution in [2.45, 2.75) is 0 Å². The number of rotatable bonds is 3. The summed E-state index contributed by atoms with van der Waals surface area (Å²) >= 11 is 2.44. The molecular formula is C17H15N5O4S2. The van der Waals surface area contributed by atoms with Crippen LogP contribution in [0.15, 0.2) is 29.9 Å². The molecule has 9 nitrogen and oxygen atoms in total. The second kappa shape index (κ2) is 8.00. The lowest BCUT2D eigenvalue weighted by molar-refractivity contribution is 0.0524. The molecular weight excluding hydrogens is 402 g/mol. The summed E-state index contributed by atoms with van der Waals surface area (Å²) in [6, 6.07) is 2.87. The number of carbonyl (C=O) groups excluding carboxylic acids is 3. The van der Waals surface area contributed by atoms with Crippen molar-refractivity contribution < 1.29 is 19.1 Å². The molecule has 4 amide bonds. The van der Waals surface area contributed by atoms with Gasteiger partial charge in [0.15, 0.2) is 5.01 Å². The molecule has 144 valence electrons. The number of nitrogens with one attached hydrogen (secondary N) is 2. The highest BCUT2D eigenvalue weighted by Crippen LogP contribution is 2.26. The SMILES string of the molecule is O=C(Nc1sccc1C(=O)NC(=O)N1CCOCC1)c1nc2cnccc2s1. The summed E-state index contributed by atoms with van der Waals surface area (Å²) in [5.74, 6) is -0.987. The van der Waals surface area contributed by atoms with E-state index in [1.54, 1.807) is 29.9 Å². The van der Waals surface area contributed by atoms with Crippen molar-refractivity contribution in [2.24, 2.45) is 0 Å². The zero-order chi connectivity index (χ0) is 19.5. The smallest absolute Gasteiger partial charge is 0.324 e. The van der Waals surface area contributed by atoms with Crippen molar-refractivity contribution in [2.75, 3.05) is 31.6 Å². The Kier molecular flexibility index (Phi) is 5.28. The first-order valence-electron chi connectivity index (χ1n) is 8.39. The molecule has 0 aromatic carbocycles. The molecule has 1 aliphatic heterocycles. The topological polar surface area (TPSA) is 114 Å². The number of carbonyl (C=O) groups is 3. The first kappa shape index (κ1) is 18.5. The Morgan fingerprint density at radius 1 is 1.14 bits per heavy atom. The van der Waals surface area contributed by atoms with Crippen LogP contribution in [-0.4, -0.2) is 59.0 Å². The highest BCUT2D eigenvalue weighted by Gasteiger charge is 2.23. The highest BCUT2D eigenvalue weighted by atomic mass is 32.1. The number of hydrogen-bond donors (Lipinski definition) is 2. The molecule has 28 heavy (non-hydrogen) atoms. The normalized spacial score (nSPS) is 14.1. The van der Waals surface area contributed by atoms with E-state index in [0.717, 1.165) is 4.70 Å². The molecule has 4 heterocycles. The molecule has 4 rings (SSSR count). The van der Waals surface area contributed by atoms with Gasteiger partial charge < -0.3 is 15.0 Å². The Balaban J connectivity index is 1.45. The summed E-state index contributed by atoms with van der Waals surface area (Å²) in [6.45, 7) is 1.75. The molecule has 0 atom stereocenters. The summed E-state index contributed by atoms with van der Waals surface area (Å²) in [6.07, 6.45) is 3.22. The van der Waals surface area contributed by atoms with Crippen LogP contribution in [0.4, 0.5) is 9.80 Å². The zero-order valence-electron chi connectivity index (χ0n) is 14.5. The van der Waals surface area contributed by atoms with E-state index >= 15 is 0 Å². The maximum absolute atomic E-state index is 12.5. The van der Waals surface area contributed by atoms with E-state index in [4.69, 9.17) is 4.74 Å². The van der Waals surface area contributed by atoms with Crippen LogP contribution in [0.25, 0.3) is 10.2 Å². The third-order valence-corrected chi connectivity index (χ3v) is 5.90. The maximum atomic E-state index is 12.5. The number of imide groups is 1. The largest absolute Gasteiger partial charge is 0.378 e. The second-order valence-electron chi connectivity index (χ2n) is 5.84. The average Bonchev–Trinajstić information content (AvgIpc) is 3.35. The summed E-state index contributed by atoms with van der Waals surface area (Å²) in [7, 11) is 0. The van der Waals surface area contributed by atoms with Crippen molar-refractivity contribution in [3.8, 4) is 0 Å². The van der Waals surface area contributed by atoms with Crippen molar-refractivity contribution in [1.29, 1.82) is 0 Å². The molecule has 3 aromatic heterocycles. The molecule has 0 bridgehead atoms. The molecule has 0 radical (unpaired) electrons. The van der Waals surface area contributed by atoms with Crippen LogP contribution in [0.2, 0.25) is 0 Å². The van der Waals surface area contributed by atoms with Gasteiger partial charge in [-0.3, -0.25) is 19.9 Å². The van der Waals surface area contributed by atoms with Gasteiger partial charge in [0.2, 0.25) is 0 Å². The predicted molar refractivity (Wildman–Crippen MR) is 105 cm³/mol. The fourth-order valence-electron chi connectivity index (χ4n) is 2.63. The number of pyridine rings is 1. The first-order chi connectivity index (χ1) is 13.6. The Bertz CT molecular complexity index is 1010. The monoisotopic (exact) mass is 417 g/mol. The molecule has 0 spiro atoms. The number of thiophene rings is 1. The van der Waals surface area contributed by atoms with Gasteiger partial charge in [-0.2, -0.15) is 0 Å². The Labute approximate surface area is 167 Å². The average molecular weight is 417 g/mol. The Morgan fingerprint density at radius 3 is 2.75 bits per heavy atom. The lowest BCUT2D eigenvalue weighted by Gasteiger charge is -2.26. The van der Waals surface area contributed by atoms with Crippen molar-refractivity contribution in [3.05, 3.63) is 40.5 Å². The van der Waals surface area contributed by atoms with Crippen LogP contribution >= 0.6 is 22.7 Å². The number of aromatic nitrogens is 2. The summed E-state index contributed by atoms with van der Waals surface area (Å²) in [5.41, 5.74) is 0.862. The van der Waals surface area contributed by atoms with E-state index in [9.17, 15) is 14.4 Å². The van der Waals surface area contributed by atoms with Crippen LogP contribution < -0.4 is 10.6 Å². The van der Waals surface area contributed by atoms with Crippen LogP contribution in [0.3, 0.4) is 0 Å². The van der Waals surface area contributed by atoms with Gasteiger partial charge in [-0.15, -0.1) is 22.7 Å². The molecule has 11 heteroatoms. The Morgan fingerprint density at radius 2 is 1.96 bits per heavy atom. The Hall–Kier alpha value is -2.89. The van der Waals surface area contributed by atoms with Crippen molar-refractivity contribution in [3.63, 3.8) is 0 Å². The molecule has 2 N–H and O–H groups in total. The number of anilines is 1. The van der Waals surface area contributed by atoms with Gasteiger partial charge in [0, 0.05) is 19.3 Å². The van der Waals surface area contributed by atoms with Gasteiger partial charge in [0.25, 0.3) is 11.8 Å². The minimum Gasteiger partial charge on any atom is -0.378 e. The van der Waals surface area contributed by atoms with E-state index in [1.807, 2.05) is 0 Å². The third kappa shape index (κ3) is 3.86. The number of fused-ring (bicyclic) bond motifs is 1. The van der Waals surface area contributed by atoms with E-state index in [2.05, 4.69) is 20.6 Å². The minimum atomic E-state index is -0.568. The highest BCUT2D eigenvalue weighted by molar-refractivity contribution is 7.20. The maximum Gasteiger partial charge on any atom is 0.324 e. The summed E-state index contributed by atoms with van der Waals surface area (Å²) in [4.78, 5) is 47.0. The number of morpholine rings is 1. The van der Waals surface area contributed by atoms with Crippen LogP contribution in [0.1, 0.15) is 20.2 Å². The molecule has 0 saturated carbocycles. The van der Waals surface area contributed by atoms with Crippen LogP contribution in [0.5, 0.6) is 0 Å². The van der Waals surface area contributed by atoms with Crippen LogP contribution in [0, 0.1) is 0 Å². The van der Waals surface area contributed by atoms with Gasteiger partial charge in [-0.05, 0) is 17.5 Å². The van der Waals surface area contributed by atoms with E-state index in [1.165, 1.54) is 27.6 Å². The van der Waals surface area contributed by atoms with E-state index < -0.39 is 17.8 Å². The van der Waals surface area contributed by atoms with Crippen LogP contribution in [-0.2, 0) is 4.74 Å². The quantitative estimate of drug-likeness (QED) is 0.675. The van der Waals surface area contributed by atoms with Gasteiger partial charge in [-0.25, -0.2) is 9.78 Å². The zero-order valence-corrected chi connectivity index (χ0v) is 16.1. The first-order valence-corrected chi connectivity index (χ1v) is 10.1. The van der Waals surface area contributed by atoms with E-state index in [-0.39, 0.29) is 10.6 Å². The lowest BCUT2D eigenvalue weighted by Crippen LogP contribution is -2.48. The molecule has 3 aromatic rings. The third-order valence-electron chi connectivity index (χ3n) is 4.04. The molecule has 0 aliphatic carbocycles. The molecule has 0 unspecified atom stereocenters. The summed E-state index contributed by atoms with van der Waals surface area (Å²) in [5, 5.41) is 7.36. The fraction of sp³-hybridized carbons (Fsp3) is 0.235. The van der Waals surface area contributed by atoms with Gasteiger partial charge >= 0.3 is 6.03 Å². The number of thiazole rings is 1. The number of ether oxygens (including phenoxy) is 1. The number of amides is 4. The molecule has 1 aliphatic rings. The van der Waals surface area contributed by atoms with Gasteiger partial charge in [0.1, 0.15) is 10.5 Å². The standard InChI is InChI=1S/C17H15N5O4S2/c23-13(21-17(25)22-4-6-26-7-5-22)10-2-8-27-15(10)20-14(24)16-19-11-9-18-3-1-12(11)28-16/h1-3,8-9H,4-7H2,(H,20,24)(H,21,23,25). The van der Waals surface area contributed by atoms with Crippen molar-refractivity contribution in [1.82, 2.24) is 20.2 Å². The van der Waals surface area contributed by atoms with Gasteiger partial charge in [-0.1, -0.05) is 0 Å². The van der Waals surface area contributed by atoms with Gasteiger partial charge in [0.05, 0.1) is 29.7 Å².